The van der Waals surface area contributed by atoms with Crippen LogP contribution < -0.4 is 15.5 Å². The summed E-state index contributed by atoms with van der Waals surface area (Å²) in [6.07, 6.45) is 2.09. The van der Waals surface area contributed by atoms with Crippen LogP contribution in [0.5, 0.6) is 0 Å². The first-order valence-electron chi connectivity index (χ1n) is 7.62. The molecule has 0 aliphatic carbocycles. The first-order valence-corrected chi connectivity index (χ1v) is 7.62. The molecule has 0 amide bonds. The highest BCUT2D eigenvalue weighted by Crippen LogP contribution is 2.14. The SMILES string of the molecule is CCCC(COC)Nc1nc(NC)nc(N(CC)CC)n1. The fraction of sp³-hybridized carbons (Fsp3) is 0.786. The average molecular weight is 296 g/mol. The normalized spacial score (nSPS) is 12.0. The smallest absolute Gasteiger partial charge is 0.231 e. The van der Waals surface area contributed by atoms with Crippen LogP contribution in [-0.4, -0.2) is 54.8 Å². The largest absolute Gasteiger partial charge is 0.383 e. The Hall–Kier alpha value is -1.63. The maximum Gasteiger partial charge on any atom is 0.231 e. The number of aromatic nitrogens is 3. The molecule has 1 heterocycles. The minimum Gasteiger partial charge on any atom is -0.383 e. The third kappa shape index (κ3) is 5.34. The van der Waals surface area contributed by atoms with Gasteiger partial charge in [0.2, 0.25) is 17.8 Å². The van der Waals surface area contributed by atoms with Crippen LogP contribution in [0, 0.1) is 0 Å². The van der Waals surface area contributed by atoms with Crippen molar-refractivity contribution in [1.82, 2.24) is 15.0 Å². The first-order chi connectivity index (χ1) is 10.2. The fourth-order valence-electron chi connectivity index (χ4n) is 2.12. The van der Waals surface area contributed by atoms with Crippen molar-refractivity contribution in [2.24, 2.45) is 0 Å². The van der Waals surface area contributed by atoms with E-state index in [2.05, 4.69) is 51.3 Å². The Kier molecular flexibility index (Phi) is 7.74. The molecule has 0 bridgehead atoms. The van der Waals surface area contributed by atoms with Gasteiger partial charge in [0, 0.05) is 27.2 Å². The topological polar surface area (TPSA) is 75.2 Å². The monoisotopic (exact) mass is 296 g/mol. The molecule has 0 fully saturated rings. The van der Waals surface area contributed by atoms with Crippen LogP contribution in [0.4, 0.5) is 17.8 Å². The molecule has 0 aromatic carbocycles. The predicted octanol–water partition coefficient (Wildman–Crippen LogP) is 1.99. The zero-order valence-electron chi connectivity index (χ0n) is 13.8. The van der Waals surface area contributed by atoms with E-state index in [1.54, 1.807) is 7.11 Å². The van der Waals surface area contributed by atoms with Crippen LogP contribution in [0.15, 0.2) is 0 Å². The van der Waals surface area contributed by atoms with E-state index >= 15 is 0 Å². The Balaban J connectivity index is 2.96. The van der Waals surface area contributed by atoms with Gasteiger partial charge >= 0.3 is 0 Å². The molecule has 0 radical (unpaired) electrons. The van der Waals surface area contributed by atoms with Gasteiger partial charge in [-0.15, -0.1) is 0 Å². The van der Waals surface area contributed by atoms with E-state index in [9.17, 15) is 0 Å². The second-order valence-electron chi connectivity index (χ2n) is 4.79. The molecule has 0 aliphatic heterocycles. The summed E-state index contributed by atoms with van der Waals surface area (Å²) < 4.78 is 5.25. The predicted molar refractivity (Wildman–Crippen MR) is 87.1 cm³/mol. The lowest BCUT2D eigenvalue weighted by atomic mass is 10.2. The molecule has 1 aromatic rings. The molecule has 7 nitrogen and oxygen atoms in total. The van der Waals surface area contributed by atoms with Gasteiger partial charge in [0.25, 0.3) is 0 Å². The highest BCUT2D eigenvalue weighted by atomic mass is 16.5. The van der Waals surface area contributed by atoms with Gasteiger partial charge in [0.15, 0.2) is 0 Å². The molecule has 120 valence electrons. The van der Waals surface area contributed by atoms with Gasteiger partial charge in [-0.1, -0.05) is 13.3 Å². The number of nitrogens with one attached hydrogen (secondary N) is 2. The summed E-state index contributed by atoms with van der Waals surface area (Å²) in [6, 6.07) is 0.205. The van der Waals surface area contributed by atoms with Crippen LogP contribution in [0.2, 0.25) is 0 Å². The van der Waals surface area contributed by atoms with Crippen LogP contribution in [0.1, 0.15) is 33.6 Å². The van der Waals surface area contributed by atoms with Crippen molar-refractivity contribution < 1.29 is 4.74 Å². The minimum atomic E-state index is 0.205. The summed E-state index contributed by atoms with van der Waals surface area (Å²) in [5, 5.41) is 6.33. The second kappa shape index (κ2) is 9.33. The summed E-state index contributed by atoms with van der Waals surface area (Å²) in [5.41, 5.74) is 0. The quantitative estimate of drug-likeness (QED) is 0.684. The standard InChI is InChI=1S/C14H28N6O/c1-6-9-11(10-21-5)16-13-17-12(15-4)18-14(19-13)20(7-2)8-3/h11H,6-10H2,1-5H3,(H2,15,16,17,18,19). The van der Waals surface area contributed by atoms with Gasteiger partial charge in [-0.2, -0.15) is 15.0 Å². The van der Waals surface area contributed by atoms with E-state index in [0.717, 1.165) is 25.9 Å². The van der Waals surface area contributed by atoms with Crippen molar-refractivity contribution in [2.75, 3.05) is 49.4 Å². The molecule has 0 aliphatic rings. The lowest BCUT2D eigenvalue weighted by molar-refractivity contribution is 0.182. The van der Waals surface area contributed by atoms with Crippen molar-refractivity contribution in [3.05, 3.63) is 0 Å². The number of ether oxygens (including phenoxy) is 1. The summed E-state index contributed by atoms with van der Waals surface area (Å²) in [6.45, 7) is 8.68. The van der Waals surface area contributed by atoms with Gasteiger partial charge in [-0.05, 0) is 20.3 Å². The maximum absolute atomic E-state index is 5.25. The van der Waals surface area contributed by atoms with Gasteiger partial charge in [-0.25, -0.2) is 0 Å². The lowest BCUT2D eigenvalue weighted by Crippen LogP contribution is -2.28. The Morgan fingerprint density at radius 2 is 1.76 bits per heavy atom. The highest BCUT2D eigenvalue weighted by molar-refractivity contribution is 5.43. The van der Waals surface area contributed by atoms with Gasteiger partial charge < -0.3 is 20.3 Å². The molecule has 1 unspecified atom stereocenters. The van der Waals surface area contributed by atoms with Crippen LogP contribution >= 0.6 is 0 Å². The molecule has 1 rings (SSSR count). The summed E-state index contributed by atoms with van der Waals surface area (Å²) in [7, 11) is 3.52. The highest BCUT2D eigenvalue weighted by Gasteiger charge is 2.14. The Morgan fingerprint density at radius 3 is 2.29 bits per heavy atom. The van der Waals surface area contributed by atoms with E-state index in [-0.39, 0.29) is 6.04 Å². The fourth-order valence-corrected chi connectivity index (χ4v) is 2.12. The summed E-state index contributed by atoms with van der Waals surface area (Å²) in [5.74, 6) is 1.85. The molecule has 2 N–H and O–H groups in total. The number of hydrogen-bond donors (Lipinski definition) is 2. The van der Waals surface area contributed by atoms with Crippen LogP contribution in [0.25, 0.3) is 0 Å². The second-order valence-corrected chi connectivity index (χ2v) is 4.79. The van der Waals surface area contributed by atoms with E-state index in [1.165, 1.54) is 0 Å². The summed E-state index contributed by atoms with van der Waals surface area (Å²) >= 11 is 0. The van der Waals surface area contributed by atoms with Crippen molar-refractivity contribution in [3.8, 4) is 0 Å². The van der Waals surface area contributed by atoms with E-state index in [4.69, 9.17) is 4.74 Å². The molecular formula is C14H28N6O. The van der Waals surface area contributed by atoms with E-state index in [0.29, 0.717) is 24.5 Å². The average Bonchev–Trinajstić information content (AvgIpc) is 2.49. The van der Waals surface area contributed by atoms with Gasteiger partial charge in [-0.3, -0.25) is 0 Å². The Bertz CT molecular complexity index is 404. The molecule has 21 heavy (non-hydrogen) atoms. The van der Waals surface area contributed by atoms with Gasteiger partial charge in [0.05, 0.1) is 12.6 Å². The first kappa shape index (κ1) is 17.4. The molecular weight excluding hydrogens is 268 g/mol. The van der Waals surface area contributed by atoms with Crippen LogP contribution in [-0.2, 0) is 4.74 Å². The third-order valence-electron chi connectivity index (χ3n) is 3.23. The van der Waals surface area contributed by atoms with Crippen molar-refractivity contribution in [3.63, 3.8) is 0 Å². The number of methoxy groups -OCH3 is 1. The zero-order valence-corrected chi connectivity index (χ0v) is 13.8. The number of anilines is 3. The minimum absolute atomic E-state index is 0.205. The molecule has 1 aromatic heterocycles. The number of hydrogen-bond acceptors (Lipinski definition) is 7. The maximum atomic E-state index is 5.25. The zero-order chi connectivity index (χ0) is 15.7. The van der Waals surface area contributed by atoms with Crippen molar-refractivity contribution >= 4 is 17.8 Å². The molecule has 0 saturated heterocycles. The van der Waals surface area contributed by atoms with Gasteiger partial charge in [0.1, 0.15) is 0 Å². The lowest BCUT2D eigenvalue weighted by Gasteiger charge is -2.21. The van der Waals surface area contributed by atoms with Crippen molar-refractivity contribution in [2.45, 2.75) is 39.7 Å². The van der Waals surface area contributed by atoms with Crippen LogP contribution in [0.3, 0.4) is 0 Å². The molecule has 0 saturated carbocycles. The summed E-state index contributed by atoms with van der Waals surface area (Å²) in [4.78, 5) is 15.4. The van der Waals surface area contributed by atoms with Crippen molar-refractivity contribution in [1.29, 1.82) is 0 Å². The Morgan fingerprint density at radius 1 is 1.10 bits per heavy atom. The number of nitrogens with zero attached hydrogens (tertiary/aromatic N) is 4. The van der Waals surface area contributed by atoms with E-state index < -0.39 is 0 Å². The number of rotatable bonds is 10. The third-order valence-corrected chi connectivity index (χ3v) is 3.23. The molecule has 7 heteroatoms. The molecule has 1 atom stereocenters. The van der Waals surface area contributed by atoms with E-state index in [1.807, 2.05) is 7.05 Å². The molecule has 0 spiro atoms. The Labute approximate surface area is 127 Å².